The normalized spacial score (nSPS) is 16.3. The molecule has 0 amide bonds. The van der Waals surface area contributed by atoms with Crippen LogP contribution in [0.4, 0.5) is 5.95 Å². The van der Waals surface area contributed by atoms with Crippen molar-refractivity contribution in [1.29, 1.82) is 0 Å². The highest BCUT2D eigenvalue weighted by atomic mass is 35.5. The van der Waals surface area contributed by atoms with Crippen LogP contribution in [-0.4, -0.2) is 27.3 Å². The lowest BCUT2D eigenvalue weighted by atomic mass is 9.94. The average Bonchev–Trinajstić information content (AvgIpc) is 2.96. The van der Waals surface area contributed by atoms with Gasteiger partial charge in [0.05, 0.1) is 22.2 Å². The summed E-state index contributed by atoms with van der Waals surface area (Å²) in [5.74, 6) is 0.826. The van der Waals surface area contributed by atoms with Crippen LogP contribution in [-0.2, 0) is 9.53 Å². The van der Waals surface area contributed by atoms with E-state index in [9.17, 15) is 4.79 Å². The largest absolute Gasteiger partial charge is 0.463 e. The van der Waals surface area contributed by atoms with Gasteiger partial charge in [-0.15, -0.1) is 0 Å². The van der Waals surface area contributed by atoms with Gasteiger partial charge in [0.15, 0.2) is 0 Å². The van der Waals surface area contributed by atoms with E-state index in [0.29, 0.717) is 40.4 Å². The van der Waals surface area contributed by atoms with Crippen molar-refractivity contribution in [3.63, 3.8) is 0 Å². The smallest absolute Gasteiger partial charge is 0.338 e. The highest BCUT2D eigenvalue weighted by Gasteiger charge is 2.36. The number of hydrogen-bond acceptors (Lipinski definition) is 5. The molecule has 1 atom stereocenters. The first kappa shape index (κ1) is 18.7. The molecule has 2 aromatic rings. The maximum absolute atomic E-state index is 12.8. The first-order valence-corrected chi connectivity index (χ1v) is 9.27. The lowest BCUT2D eigenvalue weighted by Crippen LogP contribution is -2.30. The zero-order valence-electron chi connectivity index (χ0n) is 14.8. The highest BCUT2D eigenvalue weighted by molar-refractivity contribution is 6.42. The minimum atomic E-state index is -0.484. The predicted molar refractivity (Wildman–Crippen MR) is 102 cm³/mol. The van der Waals surface area contributed by atoms with Crippen molar-refractivity contribution < 1.29 is 9.53 Å². The van der Waals surface area contributed by atoms with E-state index in [0.717, 1.165) is 17.7 Å². The standard InChI is InChI=1S/C18H20Cl2N4O2/c1-4-6-14-15(17(25)26-5-2)16(11-7-8-12(19)13(20)9-11)24-18(22-14)21-10(3)23-24/h7-9,16H,4-6H2,1-3H3,(H,21,22,23)/t16-/m0/s1. The number of fused-ring (bicyclic) bond motifs is 1. The van der Waals surface area contributed by atoms with E-state index in [-0.39, 0.29) is 5.97 Å². The van der Waals surface area contributed by atoms with Gasteiger partial charge in [-0.3, -0.25) is 0 Å². The molecule has 0 saturated heterocycles. The molecule has 26 heavy (non-hydrogen) atoms. The van der Waals surface area contributed by atoms with Gasteiger partial charge in [0.1, 0.15) is 11.9 Å². The van der Waals surface area contributed by atoms with Crippen LogP contribution in [0.3, 0.4) is 0 Å². The molecule has 2 heterocycles. The van der Waals surface area contributed by atoms with Crippen molar-refractivity contribution in [3.05, 3.63) is 50.9 Å². The molecule has 1 aromatic carbocycles. The van der Waals surface area contributed by atoms with Crippen molar-refractivity contribution in [2.45, 2.75) is 39.7 Å². The number of aromatic nitrogens is 3. The molecule has 0 bridgehead atoms. The third-order valence-corrected chi connectivity index (χ3v) is 4.84. The molecule has 1 aliphatic heterocycles. The second-order valence-electron chi connectivity index (χ2n) is 5.99. The van der Waals surface area contributed by atoms with E-state index in [1.54, 1.807) is 23.7 Å². The summed E-state index contributed by atoms with van der Waals surface area (Å²) in [6.45, 7) is 5.94. The number of hydrogen-bond donors (Lipinski definition) is 1. The van der Waals surface area contributed by atoms with Crippen molar-refractivity contribution in [3.8, 4) is 0 Å². The molecule has 8 heteroatoms. The minimum absolute atomic E-state index is 0.291. The van der Waals surface area contributed by atoms with Gasteiger partial charge in [-0.25, -0.2) is 9.48 Å². The van der Waals surface area contributed by atoms with Gasteiger partial charge in [0, 0.05) is 5.70 Å². The lowest BCUT2D eigenvalue weighted by molar-refractivity contribution is -0.139. The Morgan fingerprint density at radius 3 is 2.73 bits per heavy atom. The van der Waals surface area contributed by atoms with E-state index in [1.807, 2.05) is 13.0 Å². The molecule has 0 aliphatic carbocycles. The fourth-order valence-electron chi connectivity index (χ4n) is 3.07. The Morgan fingerprint density at radius 1 is 1.31 bits per heavy atom. The molecule has 1 aromatic heterocycles. The Labute approximate surface area is 162 Å². The number of aryl methyl sites for hydroxylation is 1. The molecule has 0 saturated carbocycles. The first-order valence-electron chi connectivity index (χ1n) is 8.51. The molecular weight excluding hydrogens is 375 g/mol. The summed E-state index contributed by atoms with van der Waals surface area (Å²) in [5.41, 5.74) is 2.11. The number of anilines is 1. The van der Waals surface area contributed by atoms with Crippen LogP contribution in [0.25, 0.3) is 0 Å². The highest BCUT2D eigenvalue weighted by Crippen LogP contribution is 2.38. The monoisotopic (exact) mass is 394 g/mol. The van der Waals surface area contributed by atoms with Crippen LogP contribution < -0.4 is 5.32 Å². The maximum Gasteiger partial charge on any atom is 0.338 e. The summed E-state index contributed by atoms with van der Waals surface area (Å²) in [5, 5.41) is 8.59. The molecule has 0 spiro atoms. The number of rotatable bonds is 5. The molecule has 138 valence electrons. The minimum Gasteiger partial charge on any atom is -0.463 e. The third kappa shape index (κ3) is 3.44. The van der Waals surface area contributed by atoms with Gasteiger partial charge >= 0.3 is 5.97 Å². The number of carbonyl (C=O) groups excluding carboxylic acids is 1. The Kier molecular flexibility index (Phi) is 5.53. The van der Waals surface area contributed by atoms with Gasteiger partial charge < -0.3 is 10.1 Å². The number of nitrogens with one attached hydrogen (secondary N) is 1. The molecule has 0 radical (unpaired) electrons. The summed E-state index contributed by atoms with van der Waals surface area (Å²) in [6.07, 6.45) is 1.56. The van der Waals surface area contributed by atoms with Gasteiger partial charge in [-0.2, -0.15) is 10.1 Å². The number of ether oxygens (including phenoxy) is 1. The van der Waals surface area contributed by atoms with Crippen LogP contribution in [0.2, 0.25) is 10.0 Å². The average molecular weight is 395 g/mol. The molecule has 6 nitrogen and oxygen atoms in total. The number of carbonyl (C=O) groups is 1. The van der Waals surface area contributed by atoms with Crippen LogP contribution in [0.5, 0.6) is 0 Å². The fraction of sp³-hybridized carbons (Fsp3) is 0.389. The van der Waals surface area contributed by atoms with E-state index < -0.39 is 6.04 Å². The zero-order valence-corrected chi connectivity index (χ0v) is 16.4. The van der Waals surface area contributed by atoms with Crippen LogP contribution in [0.1, 0.15) is 44.1 Å². The molecular formula is C18H20Cl2N4O2. The van der Waals surface area contributed by atoms with Gasteiger partial charge in [0.25, 0.3) is 0 Å². The number of halogens is 2. The zero-order chi connectivity index (χ0) is 18.8. The summed E-state index contributed by atoms with van der Waals surface area (Å²) in [7, 11) is 0. The second kappa shape index (κ2) is 7.68. The third-order valence-electron chi connectivity index (χ3n) is 4.10. The topological polar surface area (TPSA) is 69.0 Å². The van der Waals surface area contributed by atoms with Gasteiger partial charge in [0.2, 0.25) is 5.95 Å². The molecule has 1 N–H and O–H groups in total. The molecule has 3 rings (SSSR count). The molecule has 0 unspecified atom stereocenters. The fourth-order valence-corrected chi connectivity index (χ4v) is 3.37. The van der Waals surface area contributed by atoms with Crippen molar-refractivity contribution >= 4 is 35.1 Å². The number of nitrogens with zero attached hydrogens (tertiary/aromatic N) is 3. The van der Waals surface area contributed by atoms with Gasteiger partial charge in [-0.05, 0) is 38.0 Å². The molecule has 0 fully saturated rings. The molecule has 1 aliphatic rings. The van der Waals surface area contributed by atoms with E-state index in [4.69, 9.17) is 27.9 Å². The SMILES string of the molecule is CCCC1=C(C(=O)OCC)[C@H](c2ccc(Cl)c(Cl)c2)n2nc(C)nc2N1. The van der Waals surface area contributed by atoms with Gasteiger partial charge in [-0.1, -0.05) is 42.6 Å². The van der Waals surface area contributed by atoms with Crippen LogP contribution in [0.15, 0.2) is 29.5 Å². The Hall–Kier alpha value is -2.05. The quantitative estimate of drug-likeness (QED) is 0.754. The van der Waals surface area contributed by atoms with Crippen LogP contribution >= 0.6 is 23.2 Å². The van der Waals surface area contributed by atoms with Crippen molar-refractivity contribution in [2.75, 3.05) is 11.9 Å². The van der Waals surface area contributed by atoms with Crippen molar-refractivity contribution in [1.82, 2.24) is 14.8 Å². The lowest BCUT2D eigenvalue weighted by Gasteiger charge is -2.29. The Balaban J connectivity index is 2.21. The number of benzene rings is 1. The van der Waals surface area contributed by atoms with Crippen LogP contribution in [0, 0.1) is 6.92 Å². The number of allylic oxidation sites excluding steroid dienone is 1. The second-order valence-corrected chi connectivity index (χ2v) is 6.81. The summed E-state index contributed by atoms with van der Waals surface area (Å²) in [4.78, 5) is 17.2. The number of esters is 1. The summed E-state index contributed by atoms with van der Waals surface area (Å²) >= 11 is 12.3. The Bertz CT molecular complexity index is 876. The summed E-state index contributed by atoms with van der Waals surface area (Å²) < 4.78 is 7.02. The predicted octanol–water partition coefficient (Wildman–Crippen LogP) is 4.53. The van der Waals surface area contributed by atoms with E-state index in [2.05, 4.69) is 22.3 Å². The van der Waals surface area contributed by atoms with Crippen molar-refractivity contribution in [2.24, 2.45) is 0 Å². The van der Waals surface area contributed by atoms with E-state index in [1.165, 1.54) is 0 Å². The maximum atomic E-state index is 12.8. The first-order chi connectivity index (χ1) is 12.5. The summed E-state index contributed by atoms with van der Waals surface area (Å²) in [6, 6.07) is 4.83. The Morgan fingerprint density at radius 2 is 2.08 bits per heavy atom. The van der Waals surface area contributed by atoms with E-state index >= 15 is 0 Å².